The lowest BCUT2D eigenvalue weighted by Crippen LogP contribution is -2.33. The van der Waals surface area contributed by atoms with E-state index < -0.39 is 0 Å². The van der Waals surface area contributed by atoms with Crippen LogP contribution < -0.4 is 10.6 Å². The number of H-pyrrole nitrogens is 1. The van der Waals surface area contributed by atoms with E-state index in [1.165, 1.54) is 0 Å². The summed E-state index contributed by atoms with van der Waals surface area (Å²) in [6.07, 6.45) is 1.57. The largest absolute Gasteiger partial charge is 0.463 e. The van der Waals surface area contributed by atoms with Crippen LogP contribution in [-0.2, 0) is 4.74 Å². The summed E-state index contributed by atoms with van der Waals surface area (Å²) in [5.41, 5.74) is 1.02. The van der Waals surface area contributed by atoms with Gasteiger partial charge in [0.1, 0.15) is 5.69 Å². The molecule has 7 heteroatoms. The zero-order chi connectivity index (χ0) is 14.2. The van der Waals surface area contributed by atoms with Gasteiger partial charge >= 0.3 is 0 Å². The molecule has 2 aromatic rings. The fourth-order valence-electron chi connectivity index (χ4n) is 1.65. The zero-order valence-corrected chi connectivity index (χ0v) is 11.3. The number of hydrogen-bond acceptors (Lipinski definition) is 5. The first kappa shape index (κ1) is 14.3. The molecule has 108 valence electrons. The lowest BCUT2D eigenvalue weighted by molar-refractivity contribution is 0.0948. The molecule has 1 amide bonds. The van der Waals surface area contributed by atoms with Crippen molar-refractivity contribution in [3.8, 4) is 11.5 Å². The predicted octanol–water partition coefficient (Wildman–Crippen LogP) is 0.635. The van der Waals surface area contributed by atoms with E-state index in [9.17, 15) is 4.79 Å². The van der Waals surface area contributed by atoms with Crippen LogP contribution in [-0.4, -0.2) is 49.5 Å². The maximum absolute atomic E-state index is 11.8. The first-order valence-corrected chi connectivity index (χ1v) is 6.38. The van der Waals surface area contributed by atoms with Crippen molar-refractivity contribution < 1.29 is 13.9 Å². The number of amides is 1. The van der Waals surface area contributed by atoms with Gasteiger partial charge in [-0.3, -0.25) is 9.89 Å². The third-order valence-electron chi connectivity index (χ3n) is 2.67. The Bertz CT molecular complexity index is 521. The van der Waals surface area contributed by atoms with Crippen molar-refractivity contribution in [2.75, 3.05) is 33.4 Å². The fraction of sp³-hybridized carbons (Fsp3) is 0.385. The highest BCUT2D eigenvalue weighted by atomic mass is 16.5. The minimum Gasteiger partial charge on any atom is -0.463 e. The second-order valence-electron chi connectivity index (χ2n) is 4.14. The van der Waals surface area contributed by atoms with E-state index in [0.717, 1.165) is 6.54 Å². The van der Waals surface area contributed by atoms with E-state index in [0.29, 0.717) is 36.8 Å². The molecular formula is C13H18N4O3. The van der Waals surface area contributed by atoms with Crippen LogP contribution in [0.1, 0.15) is 10.5 Å². The summed E-state index contributed by atoms with van der Waals surface area (Å²) >= 11 is 0. The predicted molar refractivity (Wildman–Crippen MR) is 73.4 cm³/mol. The molecule has 0 saturated carbocycles. The van der Waals surface area contributed by atoms with Crippen LogP contribution in [0.3, 0.4) is 0 Å². The molecule has 0 aromatic carbocycles. The molecule has 0 radical (unpaired) electrons. The van der Waals surface area contributed by atoms with Gasteiger partial charge in [-0.05, 0) is 12.1 Å². The van der Waals surface area contributed by atoms with E-state index >= 15 is 0 Å². The number of methoxy groups -OCH3 is 1. The van der Waals surface area contributed by atoms with Crippen LogP contribution in [0.5, 0.6) is 0 Å². The molecule has 0 unspecified atom stereocenters. The van der Waals surface area contributed by atoms with Crippen molar-refractivity contribution in [2.45, 2.75) is 0 Å². The van der Waals surface area contributed by atoms with E-state index in [1.54, 1.807) is 31.6 Å². The van der Waals surface area contributed by atoms with Crippen LogP contribution in [0.15, 0.2) is 28.9 Å². The second kappa shape index (κ2) is 7.46. The number of carbonyl (C=O) groups excluding carboxylic acids is 1. The lowest BCUT2D eigenvalue weighted by atomic mass is 10.3. The van der Waals surface area contributed by atoms with Crippen LogP contribution >= 0.6 is 0 Å². The van der Waals surface area contributed by atoms with Crippen molar-refractivity contribution in [3.05, 3.63) is 30.2 Å². The first-order valence-electron chi connectivity index (χ1n) is 6.38. The summed E-state index contributed by atoms with van der Waals surface area (Å²) in [7, 11) is 1.65. The number of carbonyl (C=O) groups is 1. The van der Waals surface area contributed by atoms with Gasteiger partial charge in [0.25, 0.3) is 5.91 Å². The summed E-state index contributed by atoms with van der Waals surface area (Å²) in [6.45, 7) is 2.63. The van der Waals surface area contributed by atoms with E-state index in [-0.39, 0.29) is 5.91 Å². The Balaban J connectivity index is 1.76. The number of aromatic nitrogens is 2. The average Bonchev–Trinajstić information content (AvgIpc) is 3.12. The summed E-state index contributed by atoms with van der Waals surface area (Å²) in [5.74, 6) is 0.436. The maximum atomic E-state index is 11.8. The molecule has 0 aliphatic carbocycles. The molecule has 0 fully saturated rings. The van der Waals surface area contributed by atoms with Gasteiger partial charge in [-0.2, -0.15) is 5.10 Å². The molecule has 2 heterocycles. The third-order valence-corrected chi connectivity index (χ3v) is 2.67. The molecule has 0 bridgehead atoms. The molecule has 20 heavy (non-hydrogen) atoms. The van der Waals surface area contributed by atoms with Gasteiger partial charge in [0, 0.05) is 32.8 Å². The summed E-state index contributed by atoms with van der Waals surface area (Å²) in [6, 6.07) is 5.24. The minimum atomic E-state index is -0.215. The van der Waals surface area contributed by atoms with E-state index in [1.807, 2.05) is 0 Å². The van der Waals surface area contributed by atoms with Crippen LogP contribution in [0.25, 0.3) is 11.5 Å². The van der Waals surface area contributed by atoms with Crippen molar-refractivity contribution in [2.24, 2.45) is 0 Å². The normalized spacial score (nSPS) is 10.7. The van der Waals surface area contributed by atoms with Gasteiger partial charge in [-0.25, -0.2) is 0 Å². The Morgan fingerprint density at radius 2 is 2.35 bits per heavy atom. The van der Waals surface area contributed by atoms with Crippen LogP contribution in [0.4, 0.5) is 0 Å². The Morgan fingerprint density at radius 1 is 1.45 bits per heavy atom. The van der Waals surface area contributed by atoms with Crippen molar-refractivity contribution in [1.82, 2.24) is 20.8 Å². The highest BCUT2D eigenvalue weighted by molar-refractivity contribution is 5.93. The molecule has 2 aromatic heterocycles. The Labute approximate surface area is 116 Å². The highest BCUT2D eigenvalue weighted by Crippen LogP contribution is 2.17. The number of rotatable bonds is 8. The summed E-state index contributed by atoms with van der Waals surface area (Å²) in [4.78, 5) is 11.8. The number of ether oxygens (including phenoxy) is 1. The van der Waals surface area contributed by atoms with E-state index in [4.69, 9.17) is 9.15 Å². The SMILES string of the molecule is COCCNCCNC(=O)c1cc(-c2ccco2)[nH]n1. The number of nitrogens with one attached hydrogen (secondary N) is 3. The molecule has 0 aliphatic rings. The quantitative estimate of drug-likeness (QED) is 0.616. The van der Waals surface area contributed by atoms with Crippen molar-refractivity contribution >= 4 is 5.91 Å². The zero-order valence-electron chi connectivity index (χ0n) is 11.3. The topological polar surface area (TPSA) is 92.2 Å². The Hall–Kier alpha value is -2.12. The fourth-order valence-corrected chi connectivity index (χ4v) is 1.65. The number of hydrogen-bond donors (Lipinski definition) is 3. The van der Waals surface area contributed by atoms with Gasteiger partial charge in [-0.15, -0.1) is 0 Å². The smallest absolute Gasteiger partial charge is 0.271 e. The molecule has 3 N–H and O–H groups in total. The molecule has 0 atom stereocenters. The number of nitrogens with zero attached hydrogens (tertiary/aromatic N) is 1. The highest BCUT2D eigenvalue weighted by Gasteiger charge is 2.11. The third kappa shape index (κ3) is 3.94. The number of furan rings is 1. The van der Waals surface area contributed by atoms with Crippen LogP contribution in [0, 0.1) is 0 Å². The van der Waals surface area contributed by atoms with Gasteiger partial charge in [0.15, 0.2) is 11.5 Å². The van der Waals surface area contributed by atoms with Crippen LogP contribution in [0.2, 0.25) is 0 Å². The molecule has 0 spiro atoms. The van der Waals surface area contributed by atoms with Crippen molar-refractivity contribution in [3.63, 3.8) is 0 Å². The van der Waals surface area contributed by atoms with Gasteiger partial charge in [0.2, 0.25) is 0 Å². The minimum absolute atomic E-state index is 0.215. The standard InChI is InChI=1S/C13H18N4O3/c1-19-8-6-14-4-5-15-13(18)11-9-10(16-17-11)12-3-2-7-20-12/h2-3,7,9,14H,4-6,8H2,1H3,(H,15,18)(H,16,17). The summed E-state index contributed by atoms with van der Waals surface area (Å²) in [5, 5.41) is 12.7. The van der Waals surface area contributed by atoms with Gasteiger partial charge in [-0.1, -0.05) is 0 Å². The molecule has 7 nitrogen and oxygen atoms in total. The summed E-state index contributed by atoms with van der Waals surface area (Å²) < 4.78 is 10.1. The van der Waals surface area contributed by atoms with Gasteiger partial charge < -0.3 is 19.8 Å². The lowest BCUT2D eigenvalue weighted by Gasteiger charge is -2.04. The first-order chi connectivity index (χ1) is 9.81. The maximum Gasteiger partial charge on any atom is 0.271 e. The molecular weight excluding hydrogens is 260 g/mol. The average molecular weight is 278 g/mol. The van der Waals surface area contributed by atoms with E-state index in [2.05, 4.69) is 20.8 Å². The molecule has 2 rings (SSSR count). The van der Waals surface area contributed by atoms with Gasteiger partial charge in [0.05, 0.1) is 12.9 Å². The van der Waals surface area contributed by atoms with Crippen molar-refractivity contribution in [1.29, 1.82) is 0 Å². The molecule has 0 saturated heterocycles. The second-order valence-corrected chi connectivity index (χ2v) is 4.14. The Kier molecular flexibility index (Phi) is 5.33. The number of aromatic amines is 1. The monoisotopic (exact) mass is 278 g/mol. The Morgan fingerprint density at radius 3 is 3.10 bits per heavy atom. The molecule has 0 aliphatic heterocycles.